The van der Waals surface area contributed by atoms with Crippen molar-refractivity contribution in [2.75, 3.05) is 11.5 Å². The zero-order chi connectivity index (χ0) is 17.0. The van der Waals surface area contributed by atoms with E-state index < -0.39 is 9.84 Å². The predicted molar refractivity (Wildman–Crippen MR) is 90.2 cm³/mol. The second-order valence-electron chi connectivity index (χ2n) is 5.93. The summed E-state index contributed by atoms with van der Waals surface area (Å²) in [5.41, 5.74) is 2.11. The lowest BCUT2D eigenvalue weighted by molar-refractivity contribution is 0.237. The van der Waals surface area contributed by atoms with Gasteiger partial charge in [-0.15, -0.1) is 0 Å². The van der Waals surface area contributed by atoms with Gasteiger partial charge >= 0.3 is 6.03 Å². The van der Waals surface area contributed by atoms with Crippen molar-refractivity contribution in [2.45, 2.75) is 25.6 Å². The Hall–Kier alpha value is -2.35. The van der Waals surface area contributed by atoms with Gasteiger partial charge in [0, 0.05) is 31.5 Å². The van der Waals surface area contributed by atoms with Gasteiger partial charge in [0.1, 0.15) is 0 Å². The number of nitrogens with one attached hydrogen (secondary N) is 2. The fraction of sp³-hybridized carbons (Fsp3) is 0.375. The van der Waals surface area contributed by atoms with E-state index in [-0.39, 0.29) is 23.6 Å². The molecule has 0 spiro atoms. The number of benzene rings is 1. The summed E-state index contributed by atoms with van der Waals surface area (Å²) in [6.45, 7) is 1.07. The molecule has 1 aliphatic heterocycles. The Morgan fingerprint density at radius 2 is 2.08 bits per heavy atom. The summed E-state index contributed by atoms with van der Waals surface area (Å²) in [4.78, 5) is 16.0. The molecule has 7 nitrogen and oxygen atoms in total. The molecule has 1 aliphatic rings. The Kier molecular flexibility index (Phi) is 4.84. The lowest BCUT2D eigenvalue weighted by Gasteiger charge is -2.14. The first-order chi connectivity index (χ1) is 11.5. The first kappa shape index (κ1) is 16.5. The highest BCUT2D eigenvalue weighted by Gasteiger charge is 2.28. The summed E-state index contributed by atoms with van der Waals surface area (Å²) in [6, 6.07) is 7.23. The average Bonchev–Trinajstić information content (AvgIpc) is 3.16. The first-order valence-corrected chi connectivity index (χ1v) is 9.61. The molecule has 2 N–H and O–H groups in total. The largest absolute Gasteiger partial charge is 0.334 e. The molecule has 0 radical (unpaired) electrons. The summed E-state index contributed by atoms with van der Waals surface area (Å²) < 4.78 is 24.8. The number of rotatable bonds is 5. The smallest absolute Gasteiger partial charge is 0.315 e. The van der Waals surface area contributed by atoms with Gasteiger partial charge in [-0.2, -0.15) is 0 Å². The van der Waals surface area contributed by atoms with E-state index in [4.69, 9.17) is 0 Å². The number of sulfone groups is 1. The molecule has 2 heterocycles. The highest BCUT2D eigenvalue weighted by Crippen LogP contribution is 2.12. The van der Waals surface area contributed by atoms with Crippen LogP contribution in [0.15, 0.2) is 43.0 Å². The lowest BCUT2D eigenvalue weighted by atomic mass is 10.1. The molecule has 1 saturated heterocycles. The number of imidazole rings is 1. The highest BCUT2D eigenvalue weighted by atomic mass is 32.2. The topological polar surface area (TPSA) is 93.1 Å². The Morgan fingerprint density at radius 1 is 1.29 bits per heavy atom. The summed E-state index contributed by atoms with van der Waals surface area (Å²) in [5.74, 6) is 0.170. The van der Waals surface area contributed by atoms with Gasteiger partial charge in [-0.3, -0.25) is 0 Å². The monoisotopic (exact) mass is 348 g/mol. The minimum absolute atomic E-state index is 0.0254. The van der Waals surface area contributed by atoms with Crippen LogP contribution in [0.5, 0.6) is 0 Å². The number of aromatic nitrogens is 2. The van der Waals surface area contributed by atoms with Gasteiger partial charge < -0.3 is 15.2 Å². The predicted octanol–water partition coefficient (Wildman–Crippen LogP) is 0.918. The van der Waals surface area contributed by atoms with E-state index in [1.165, 1.54) is 0 Å². The first-order valence-electron chi connectivity index (χ1n) is 7.79. The molecule has 0 saturated carbocycles. The van der Waals surface area contributed by atoms with Crippen molar-refractivity contribution in [3.63, 3.8) is 0 Å². The van der Waals surface area contributed by atoms with Gasteiger partial charge in [-0.1, -0.05) is 24.3 Å². The standard InChI is InChI=1S/C16H20N4O3S/c21-16(19-15-5-8-24(22,23)11-15)18-9-13-3-1-2-4-14(13)10-20-7-6-17-12-20/h1-4,6-7,12,15H,5,8-11H2,(H2,18,19,21)/t15-/m0/s1. The Morgan fingerprint density at radius 3 is 2.75 bits per heavy atom. The fourth-order valence-electron chi connectivity index (χ4n) is 2.78. The average molecular weight is 348 g/mol. The van der Waals surface area contributed by atoms with Crippen molar-refractivity contribution in [2.24, 2.45) is 0 Å². The molecule has 24 heavy (non-hydrogen) atoms. The van der Waals surface area contributed by atoms with Crippen LogP contribution < -0.4 is 10.6 Å². The zero-order valence-corrected chi connectivity index (χ0v) is 14.0. The van der Waals surface area contributed by atoms with Crippen LogP contribution in [-0.2, 0) is 22.9 Å². The minimum Gasteiger partial charge on any atom is -0.334 e. The van der Waals surface area contributed by atoms with Crippen LogP contribution in [0.1, 0.15) is 17.5 Å². The van der Waals surface area contributed by atoms with E-state index in [2.05, 4.69) is 15.6 Å². The molecule has 0 aliphatic carbocycles. The maximum Gasteiger partial charge on any atom is 0.315 e. The van der Waals surface area contributed by atoms with Crippen molar-refractivity contribution in [3.8, 4) is 0 Å². The maximum absolute atomic E-state index is 12.0. The number of nitrogens with zero attached hydrogens (tertiary/aromatic N) is 2. The van der Waals surface area contributed by atoms with Crippen LogP contribution in [0.2, 0.25) is 0 Å². The Balaban J connectivity index is 1.55. The molecule has 1 fully saturated rings. The van der Waals surface area contributed by atoms with Crippen LogP contribution >= 0.6 is 0 Å². The van der Waals surface area contributed by atoms with E-state index in [9.17, 15) is 13.2 Å². The number of amides is 2. The molecule has 2 amide bonds. The zero-order valence-electron chi connectivity index (χ0n) is 13.2. The number of urea groups is 1. The van der Waals surface area contributed by atoms with E-state index in [0.29, 0.717) is 19.5 Å². The lowest BCUT2D eigenvalue weighted by Crippen LogP contribution is -2.42. The van der Waals surface area contributed by atoms with Gasteiger partial charge in [0.15, 0.2) is 9.84 Å². The van der Waals surface area contributed by atoms with Gasteiger partial charge in [0.2, 0.25) is 0 Å². The molecule has 128 valence electrons. The van der Waals surface area contributed by atoms with Gasteiger partial charge in [0.05, 0.1) is 17.8 Å². The normalized spacial score (nSPS) is 19.1. The van der Waals surface area contributed by atoms with Gasteiger partial charge in [0.25, 0.3) is 0 Å². The van der Waals surface area contributed by atoms with Crippen molar-refractivity contribution in [3.05, 3.63) is 54.1 Å². The SMILES string of the molecule is O=C(NCc1ccccc1Cn1ccnc1)N[C@H]1CCS(=O)(=O)C1. The van der Waals surface area contributed by atoms with Gasteiger partial charge in [-0.05, 0) is 17.5 Å². The van der Waals surface area contributed by atoms with E-state index in [1.54, 1.807) is 12.5 Å². The third-order valence-corrected chi connectivity index (χ3v) is 5.81. The second-order valence-corrected chi connectivity index (χ2v) is 8.16. The second kappa shape index (κ2) is 7.04. The van der Waals surface area contributed by atoms with Crippen molar-refractivity contribution in [1.82, 2.24) is 20.2 Å². The highest BCUT2D eigenvalue weighted by molar-refractivity contribution is 7.91. The molecule has 1 aromatic carbocycles. The van der Waals surface area contributed by atoms with Crippen LogP contribution in [0, 0.1) is 0 Å². The summed E-state index contributed by atoms with van der Waals surface area (Å²) in [7, 11) is -3.00. The van der Waals surface area contributed by atoms with Crippen molar-refractivity contribution in [1.29, 1.82) is 0 Å². The van der Waals surface area contributed by atoms with E-state index >= 15 is 0 Å². The quantitative estimate of drug-likeness (QED) is 0.840. The van der Waals surface area contributed by atoms with Crippen molar-refractivity contribution < 1.29 is 13.2 Å². The summed E-state index contributed by atoms with van der Waals surface area (Å²) in [5, 5.41) is 5.53. The minimum atomic E-state index is -3.00. The van der Waals surface area contributed by atoms with E-state index in [0.717, 1.165) is 11.1 Å². The molecule has 2 aromatic rings. The molecule has 1 atom stereocenters. The Labute approximate surface area is 141 Å². The van der Waals surface area contributed by atoms with Crippen LogP contribution in [0.3, 0.4) is 0 Å². The number of carbonyl (C=O) groups excluding carboxylic acids is 1. The van der Waals surface area contributed by atoms with Crippen LogP contribution in [0.4, 0.5) is 4.79 Å². The molecule has 0 bridgehead atoms. The third kappa shape index (κ3) is 4.35. The molecule has 1 aromatic heterocycles. The molecule has 0 unspecified atom stereocenters. The molecular weight excluding hydrogens is 328 g/mol. The Bertz CT molecular complexity index is 802. The number of carbonyl (C=O) groups is 1. The summed E-state index contributed by atoms with van der Waals surface area (Å²) >= 11 is 0. The van der Waals surface area contributed by atoms with Crippen molar-refractivity contribution >= 4 is 15.9 Å². The maximum atomic E-state index is 12.0. The van der Waals surface area contributed by atoms with Gasteiger partial charge in [-0.25, -0.2) is 18.2 Å². The van der Waals surface area contributed by atoms with E-state index in [1.807, 2.05) is 35.0 Å². The third-order valence-electron chi connectivity index (χ3n) is 4.04. The molecular formula is C16H20N4O3S. The molecule has 8 heteroatoms. The fourth-order valence-corrected chi connectivity index (χ4v) is 4.46. The summed E-state index contributed by atoms with van der Waals surface area (Å²) in [6.07, 6.45) is 5.84. The number of hydrogen-bond donors (Lipinski definition) is 2. The number of hydrogen-bond acceptors (Lipinski definition) is 4. The molecule has 3 rings (SSSR count). The van der Waals surface area contributed by atoms with Crippen LogP contribution in [-0.4, -0.2) is 41.5 Å². The van der Waals surface area contributed by atoms with Crippen LogP contribution in [0.25, 0.3) is 0 Å².